The third kappa shape index (κ3) is 7.38. The number of amides is 2. The highest BCUT2D eigenvalue weighted by molar-refractivity contribution is 7.98. The number of nitrogens with one attached hydrogen (secondary N) is 2. The summed E-state index contributed by atoms with van der Waals surface area (Å²) in [4.78, 5) is 34.6. The quantitative estimate of drug-likeness (QED) is 0.625. The van der Waals surface area contributed by atoms with Crippen LogP contribution in [0.5, 0.6) is 0 Å². The Hall–Kier alpha value is -1.73. The average molecular weight is 359 g/mol. The summed E-state index contributed by atoms with van der Waals surface area (Å²) in [6.07, 6.45) is 2.24. The Kier molecular flexibility index (Phi) is 8.50. The molecule has 0 fully saturated rings. The van der Waals surface area contributed by atoms with Gasteiger partial charge in [-0.3, -0.25) is 9.59 Å². The molecule has 0 unspecified atom stereocenters. The molecular formula is C15H19ClN2O4S. The standard InChI is InChI=1S/C15H19ClN2O4S/c1-23-9-7-12(15(21)22)18-13(19)6-8-17-14(20)10-2-4-11(16)5-3-10/h2-5,12H,6-9H2,1H3,(H,17,20)(H,18,19)(H,21,22)/t12-/m1/s1. The number of benzene rings is 1. The highest BCUT2D eigenvalue weighted by atomic mass is 35.5. The van der Waals surface area contributed by atoms with Gasteiger partial charge in [-0.25, -0.2) is 4.79 Å². The molecule has 2 amide bonds. The Bertz CT molecular complexity index is 551. The van der Waals surface area contributed by atoms with E-state index in [2.05, 4.69) is 10.6 Å². The molecule has 0 spiro atoms. The average Bonchev–Trinajstić information content (AvgIpc) is 2.51. The zero-order valence-corrected chi connectivity index (χ0v) is 14.2. The molecule has 0 heterocycles. The van der Waals surface area contributed by atoms with E-state index in [1.54, 1.807) is 24.3 Å². The third-order valence-corrected chi connectivity index (χ3v) is 3.88. The minimum atomic E-state index is -1.06. The summed E-state index contributed by atoms with van der Waals surface area (Å²) in [5.74, 6) is -1.14. The van der Waals surface area contributed by atoms with E-state index in [9.17, 15) is 14.4 Å². The predicted molar refractivity (Wildman–Crippen MR) is 91.0 cm³/mol. The first-order valence-electron chi connectivity index (χ1n) is 6.99. The zero-order valence-electron chi connectivity index (χ0n) is 12.7. The molecule has 0 aliphatic rings. The maximum atomic E-state index is 11.8. The summed E-state index contributed by atoms with van der Waals surface area (Å²) >= 11 is 7.25. The normalized spacial score (nSPS) is 11.6. The number of hydrogen-bond acceptors (Lipinski definition) is 4. The van der Waals surface area contributed by atoms with Gasteiger partial charge in [0.1, 0.15) is 6.04 Å². The van der Waals surface area contributed by atoms with E-state index in [0.717, 1.165) is 0 Å². The Balaban J connectivity index is 2.36. The van der Waals surface area contributed by atoms with Gasteiger partial charge in [-0.05, 0) is 42.7 Å². The van der Waals surface area contributed by atoms with Crippen molar-refractivity contribution in [2.75, 3.05) is 18.6 Å². The number of carbonyl (C=O) groups is 3. The summed E-state index contributed by atoms with van der Waals surface area (Å²) in [7, 11) is 0. The van der Waals surface area contributed by atoms with E-state index in [1.165, 1.54) is 11.8 Å². The van der Waals surface area contributed by atoms with Gasteiger partial charge in [-0.2, -0.15) is 11.8 Å². The van der Waals surface area contributed by atoms with E-state index >= 15 is 0 Å². The van der Waals surface area contributed by atoms with Gasteiger partial charge in [-0.1, -0.05) is 11.6 Å². The molecule has 0 aromatic heterocycles. The lowest BCUT2D eigenvalue weighted by Crippen LogP contribution is -2.42. The highest BCUT2D eigenvalue weighted by Crippen LogP contribution is 2.09. The molecule has 0 aliphatic carbocycles. The second kappa shape index (κ2) is 10.1. The van der Waals surface area contributed by atoms with Crippen LogP contribution in [-0.2, 0) is 9.59 Å². The molecule has 1 rings (SSSR count). The van der Waals surface area contributed by atoms with Gasteiger partial charge in [0.25, 0.3) is 5.91 Å². The van der Waals surface area contributed by atoms with Crippen LogP contribution >= 0.6 is 23.4 Å². The fraction of sp³-hybridized carbons (Fsp3) is 0.400. The molecule has 1 atom stereocenters. The van der Waals surface area contributed by atoms with Crippen molar-refractivity contribution in [2.24, 2.45) is 0 Å². The zero-order chi connectivity index (χ0) is 17.2. The van der Waals surface area contributed by atoms with E-state index in [-0.39, 0.29) is 18.9 Å². The third-order valence-electron chi connectivity index (χ3n) is 2.99. The molecule has 0 radical (unpaired) electrons. The summed E-state index contributed by atoms with van der Waals surface area (Å²) in [5, 5.41) is 14.6. The maximum Gasteiger partial charge on any atom is 0.326 e. The van der Waals surface area contributed by atoms with Crippen molar-refractivity contribution in [2.45, 2.75) is 18.9 Å². The van der Waals surface area contributed by atoms with Crippen molar-refractivity contribution >= 4 is 41.1 Å². The molecule has 1 aromatic rings. The van der Waals surface area contributed by atoms with Gasteiger partial charge in [0.05, 0.1) is 0 Å². The molecule has 0 saturated heterocycles. The number of aliphatic carboxylic acids is 1. The van der Waals surface area contributed by atoms with Crippen LogP contribution < -0.4 is 10.6 Å². The molecule has 8 heteroatoms. The largest absolute Gasteiger partial charge is 0.480 e. The van der Waals surface area contributed by atoms with Crippen molar-refractivity contribution in [3.8, 4) is 0 Å². The lowest BCUT2D eigenvalue weighted by molar-refractivity contribution is -0.141. The van der Waals surface area contributed by atoms with E-state index < -0.39 is 17.9 Å². The molecule has 0 aliphatic heterocycles. The van der Waals surface area contributed by atoms with Crippen LogP contribution in [0.1, 0.15) is 23.2 Å². The molecule has 126 valence electrons. The number of carboxylic acid groups (broad SMARTS) is 1. The van der Waals surface area contributed by atoms with E-state index in [0.29, 0.717) is 22.8 Å². The van der Waals surface area contributed by atoms with E-state index in [4.69, 9.17) is 16.7 Å². The minimum absolute atomic E-state index is 0.0162. The molecule has 23 heavy (non-hydrogen) atoms. The first-order valence-corrected chi connectivity index (χ1v) is 8.76. The second-order valence-electron chi connectivity index (χ2n) is 4.75. The summed E-state index contributed by atoms with van der Waals surface area (Å²) in [6.45, 7) is 0.127. The van der Waals surface area contributed by atoms with Crippen LogP contribution in [0.2, 0.25) is 5.02 Å². The number of halogens is 1. The fourth-order valence-electron chi connectivity index (χ4n) is 1.75. The van der Waals surface area contributed by atoms with Crippen molar-refractivity contribution in [1.82, 2.24) is 10.6 Å². The van der Waals surface area contributed by atoms with Crippen LogP contribution in [0.25, 0.3) is 0 Å². The Morgan fingerprint density at radius 1 is 1.26 bits per heavy atom. The molecule has 1 aromatic carbocycles. The van der Waals surface area contributed by atoms with Crippen molar-refractivity contribution < 1.29 is 19.5 Å². The van der Waals surface area contributed by atoms with E-state index in [1.807, 2.05) is 6.26 Å². The van der Waals surface area contributed by atoms with Crippen molar-refractivity contribution in [3.05, 3.63) is 34.9 Å². The molecular weight excluding hydrogens is 340 g/mol. The number of hydrogen-bond donors (Lipinski definition) is 3. The monoisotopic (exact) mass is 358 g/mol. The van der Waals surface area contributed by atoms with Crippen LogP contribution in [0.4, 0.5) is 0 Å². The number of rotatable bonds is 9. The predicted octanol–water partition coefficient (Wildman–Crippen LogP) is 1.78. The van der Waals surface area contributed by atoms with Gasteiger partial charge in [0.2, 0.25) is 5.91 Å². The fourth-order valence-corrected chi connectivity index (χ4v) is 2.35. The highest BCUT2D eigenvalue weighted by Gasteiger charge is 2.19. The molecule has 0 bridgehead atoms. The van der Waals surface area contributed by atoms with Gasteiger partial charge in [-0.15, -0.1) is 0 Å². The summed E-state index contributed by atoms with van der Waals surface area (Å²) in [6, 6.07) is 5.47. The SMILES string of the molecule is CSCC[C@@H](NC(=O)CCNC(=O)c1ccc(Cl)cc1)C(=O)O. The van der Waals surface area contributed by atoms with Gasteiger partial charge in [0, 0.05) is 23.6 Å². The lowest BCUT2D eigenvalue weighted by atomic mass is 10.2. The number of thioether (sulfide) groups is 1. The van der Waals surface area contributed by atoms with Gasteiger partial charge in [0.15, 0.2) is 0 Å². The second-order valence-corrected chi connectivity index (χ2v) is 6.17. The molecule has 6 nitrogen and oxygen atoms in total. The minimum Gasteiger partial charge on any atom is -0.480 e. The first kappa shape index (κ1) is 19.3. The smallest absolute Gasteiger partial charge is 0.326 e. The Morgan fingerprint density at radius 2 is 1.91 bits per heavy atom. The number of carbonyl (C=O) groups excluding carboxylic acids is 2. The lowest BCUT2D eigenvalue weighted by Gasteiger charge is -2.14. The summed E-state index contributed by atoms with van der Waals surface area (Å²) < 4.78 is 0. The molecule has 3 N–H and O–H groups in total. The van der Waals surface area contributed by atoms with Crippen molar-refractivity contribution in [3.63, 3.8) is 0 Å². The van der Waals surface area contributed by atoms with Crippen LogP contribution in [0, 0.1) is 0 Å². The number of carboxylic acids is 1. The maximum absolute atomic E-state index is 11.8. The van der Waals surface area contributed by atoms with Crippen molar-refractivity contribution in [1.29, 1.82) is 0 Å². The Morgan fingerprint density at radius 3 is 2.48 bits per heavy atom. The topological polar surface area (TPSA) is 95.5 Å². The van der Waals surface area contributed by atoms with Crippen LogP contribution in [0.3, 0.4) is 0 Å². The van der Waals surface area contributed by atoms with Crippen LogP contribution in [0.15, 0.2) is 24.3 Å². The Labute approximate surface area is 144 Å². The van der Waals surface area contributed by atoms with Gasteiger partial charge >= 0.3 is 5.97 Å². The summed E-state index contributed by atoms with van der Waals surface area (Å²) in [5.41, 5.74) is 0.443. The van der Waals surface area contributed by atoms with Gasteiger partial charge < -0.3 is 15.7 Å². The van der Waals surface area contributed by atoms with Crippen LogP contribution in [-0.4, -0.2) is 47.5 Å². The molecule has 0 saturated carbocycles. The first-order chi connectivity index (χ1) is 10.9.